The summed E-state index contributed by atoms with van der Waals surface area (Å²) in [7, 11) is 0. The Morgan fingerprint density at radius 2 is 2.11 bits per heavy atom. The molecule has 1 unspecified atom stereocenters. The molecule has 5 nitrogen and oxygen atoms in total. The molecule has 0 amide bonds. The van der Waals surface area contributed by atoms with Gasteiger partial charge < -0.3 is 16.2 Å². The molecule has 1 aromatic heterocycles. The SMILES string of the molecule is NCC(NCCCO)c1cnn(-c2ccccc2)c1. The second-order valence-electron chi connectivity index (χ2n) is 4.37. The van der Waals surface area contributed by atoms with Crippen molar-refractivity contribution in [2.24, 2.45) is 5.73 Å². The number of nitrogens with one attached hydrogen (secondary N) is 1. The zero-order valence-corrected chi connectivity index (χ0v) is 10.9. The number of aliphatic hydroxyl groups is 1. The van der Waals surface area contributed by atoms with Crippen molar-refractivity contribution in [3.05, 3.63) is 48.3 Å². The normalized spacial score (nSPS) is 12.5. The maximum atomic E-state index is 8.79. The first-order valence-corrected chi connectivity index (χ1v) is 6.49. The Balaban J connectivity index is 2.06. The van der Waals surface area contributed by atoms with Crippen LogP contribution in [0, 0.1) is 0 Å². The summed E-state index contributed by atoms with van der Waals surface area (Å²) in [5.41, 5.74) is 7.86. The molecule has 2 rings (SSSR count). The van der Waals surface area contributed by atoms with Gasteiger partial charge in [-0.3, -0.25) is 0 Å². The van der Waals surface area contributed by atoms with Gasteiger partial charge in [0.1, 0.15) is 0 Å². The van der Waals surface area contributed by atoms with Gasteiger partial charge in [0.05, 0.1) is 11.9 Å². The Bertz CT molecular complexity index is 483. The van der Waals surface area contributed by atoms with Gasteiger partial charge >= 0.3 is 0 Å². The summed E-state index contributed by atoms with van der Waals surface area (Å²) in [4.78, 5) is 0. The topological polar surface area (TPSA) is 76.1 Å². The fourth-order valence-electron chi connectivity index (χ4n) is 1.93. The van der Waals surface area contributed by atoms with Gasteiger partial charge in [-0.15, -0.1) is 0 Å². The van der Waals surface area contributed by atoms with E-state index < -0.39 is 0 Å². The van der Waals surface area contributed by atoms with Crippen molar-refractivity contribution in [3.63, 3.8) is 0 Å². The Labute approximate surface area is 113 Å². The third-order valence-electron chi connectivity index (χ3n) is 2.99. The van der Waals surface area contributed by atoms with Crippen molar-refractivity contribution >= 4 is 0 Å². The molecule has 0 saturated carbocycles. The van der Waals surface area contributed by atoms with Gasteiger partial charge in [-0.2, -0.15) is 5.10 Å². The highest BCUT2D eigenvalue weighted by atomic mass is 16.3. The third-order valence-corrected chi connectivity index (χ3v) is 2.99. The molecule has 0 spiro atoms. The molecule has 5 heteroatoms. The molecule has 0 aliphatic rings. The van der Waals surface area contributed by atoms with E-state index >= 15 is 0 Å². The third kappa shape index (κ3) is 3.64. The number of nitrogens with zero attached hydrogens (tertiary/aromatic N) is 2. The maximum absolute atomic E-state index is 8.79. The van der Waals surface area contributed by atoms with Crippen LogP contribution < -0.4 is 11.1 Å². The number of nitrogens with two attached hydrogens (primary N) is 1. The van der Waals surface area contributed by atoms with Crippen LogP contribution in [0.25, 0.3) is 5.69 Å². The highest BCUT2D eigenvalue weighted by Crippen LogP contribution is 2.13. The molecule has 19 heavy (non-hydrogen) atoms. The monoisotopic (exact) mass is 260 g/mol. The zero-order chi connectivity index (χ0) is 13.5. The highest BCUT2D eigenvalue weighted by molar-refractivity contribution is 5.31. The molecule has 4 N–H and O–H groups in total. The summed E-state index contributed by atoms with van der Waals surface area (Å²) in [5, 5.41) is 16.5. The van der Waals surface area contributed by atoms with Crippen LogP contribution in [0.5, 0.6) is 0 Å². The molecule has 0 fully saturated rings. The van der Waals surface area contributed by atoms with Gasteiger partial charge in [0.2, 0.25) is 0 Å². The lowest BCUT2D eigenvalue weighted by Crippen LogP contribution is -2.29. The average Bonchev–Trinajstić information content (AvgIpc) is 2.94. The van der Waals surface area contributed by atoms with Gasteiger partial charge in [0, 0.05) is 31.0 Å². The van der Waals surface area contributed by atoms with Gasteiger partial charge in [-0.1, -0.05) is 18.2 Å². The molecule has 0 aliphatic heterocycles. The highest BCUT2D eigenvalue weighted by Gasteiger charge is 2.11. The zero-order valence-electron chi connectivity index (χ0n) is 10.9. The first-order valence-electron chi connectivity index (χ1n) is 6.49. The Kier molecular flexibility index (Phi) is 5.09. The summed E-state index contributed by atoms with van der Waals surface area (Å²) >= 11 is 0. The predicted octanol–water partition coefficient (Wildman–Crippen LogP) is 0.844. The quantitative estimate of drug-likeness (QED) is 0.645. The molecular formula is C14H20N4O. The van der Waals surface area contributed by atoms with E-state index in [1.54, 1.807) is 0 Å². The molecule has 1 atom stereocenters. The van der Waals surface area contributed by atoms with Crippen LogP contribution in [0.2, 0.25) is 0 Å². The molecule has 1 heterocycles. The lowest BCUT2D eigenvalue weighted by atomic mass is 10.1. The number of aliphatic hydroxyl groups excluding tert-OH is 1. The van der Waals surface area contributed by atoms with Crippen LogP contribution in [0.15, 0.2) is 42.7 Å². The van der Waals surface area contributed by atoms with Crippen LogP contribution >= 0.6 is 0 Å². The van der Waals surface area contributed by atoms with E-state index in [4.69, 9.17) is 10.8 Å². The summed E-state index contributed by atoms with van der Waals surface area (Å²) in [5.74, 6) is 0. The van der Waals surface area contributed by atoms with E-state index in [-0.39, 0.29) is 12.6 Å². The van der Waals surface area contributed by atoms with Gasteiger partial charge in [-0.25, -0.2) is 4.68 Å². The van der Waals surface area contributed by atoms with E-state index in [1.165, 1.54) is 0 Å². The Morgan fingerprint density at radius 3 is 2.79 bits per heavy atom. The predicted molar refractivity (Wildman–Crippen MR) is 75.1 cm³/mol. The van der Waals surface area contributed by atoms with Gasteiger partial charge in [-0.05, 0) is 25.1 Å². The van der Waals surface area contributed by atoms with Gasteiger partial charge in [0.25, 0.3) is 0 Å². The lowest BCUT2D eigenvalue weighted by molar-refractivity contribution is 0.283. The number of aromatic nitrogens is 2. The number of hydrogen-bond acceptors (Lipinski definition) is 4. The fourth-order valence-corrected chi connectivity index (χ4v) is 1.93. The molecule has 0 radical (unpaired) electrons. The summed E-state index contributed by atoms with van der Waals surface area (Å²) in [6.45, 7) is 1.44. The molecule has 0 saturated heterocycles. The van der Waals surface area contributed by atoms with E-state index in [2.05, 4.69) is 10.4 Å². The summed E-state index contributed by atoms with van der Waals surface area (Å²) in [6, 6.07) is 10.0. The van der Waals surface area contributed by atoms with Crippen molar-refractivity contribution in [2.75, 3.05) is 19.7 Å². The van der Waals surface area contributed by atoms with Crippen molar-refractivity contribution < 1.29 is 5.11 Å². The van der Waals surface area contributed by atoms with Crippen LogP contribution in [0.3, 0.4) is 0 Å². The molecule has 1 aromatic carbocycles. The van der Waals surface area contributed by atoms with E-state index in [9.17, 15) is 0 Å². The standard InChI is InChI=1S/C14H20N4O/c15-9-14(16-7-4-8-19)12-10-17-18(11-12)13-5-2-1-3-6-13/h1-3,5-6,10-11,14,16,19H,4,7-9,15H2. The number of hydrogen-bond donors (Lipinski definition) is 3. The Morgan fingerprint density at radius 1 is 1.32 bits per heavy atom. The number of rotatable bonds is 7. The van der Waals surface area contributed by atoms with Gasteiger partial charge in [0.15, 0.2) is 0 Å². The second-order valence-corrected chi connectivity index (χ2v) is 4.37. The minimum atomic E-state index is 0.0732. The summed E-state index contributed by atoms with van der Waals surface area (Å²) in [6.07, 6.45) is 4.54. The second kappa shape index (κ2) is 7.04. The van der Waals surface area contributed by atoms with Crippen molar-refractivity contribution in [1.82, 2.24) is 15.1 Å². The van der Waals surface area contributed by atoms with Crippen LogP contribution in [-0.4, -0.2) is 34.6 Å². The van der Waals surface area contributed by atoms with Crippen LogP contribution in [-0.2, 0) is 0 Å². The smallest absolute Gasteiger partial charge is 0.0645 e. The minimum Gasteiger partial charge on any atom is -0.396 e. The Hall–Kier alpha value is -1.69. The van der Waals surface area contributed by atoms with Crippen molar-refractivity contribution in [2.45, 2.75) is 12.5 Å². The molecular weight excluding hydrogens is 240 g/mol. The molecule has 102 valence electrons. The van der Waals surface area contributed by atoms with Crippen LogP contribution in [0.4, 0.5) is 0 Å². The molecule has 0 aliphatic carbocycles. The van der Waals surface area contributed by atoms with Crippen LogP contribution in [0.1, 0.15) is 18.0 Å². The lowest BCUT2D eigenvalue weighted by Gasteiger charge is -2.14. The number of benzene rings is 1. The molecule has 0 bridgehead atoms. The first kappa shape index (κ1) is 13.7. The molecule has 2 aromatic rings. The van der Waals surface area contributed by atoms with E-state index in [1.807, 2.05) is 47.4 Å². The van der Waals surface area contributed by atoms with E-state index in [0.717, 1.165) is 24.2 Å². The number of para-hydroxylation sites is 1. The first-order chi connectivity index (χ1) is 9.35. The minimum absolute atomic E-state index is 0.0732. The van der Waals surface area contributed by atoms with E-state index in [0.29, 0.717) is 6.54 Å². The fraction of sp³-hybridized carbons (Fsp3) is 0.357. The van der Waals surface area contributed by atoms with Crippen molar-refractivity contribution in [3.8, 4) is 5.69 Å². The average molecular weight is 260 g/mol. The van der Waals surface area contributed by atoms with Crippen molar-refractivity contribution in [1.29, 1.82) is 0 Å². The largest absolute Gasteiger partial charge is 0.396 e. The maximum Gasteiger partial charge on any atom is 0.0645 e. The summed E-state index contributed by atoms with van der Waals surface area (Å²) < 4.78 is 1.84.